The van der Waals surface area contributed by atoms with Gasteiger partial charge in [-0.05, 0) is 54.6 Å². The predicted octanol–water partition coefficient (Wildman–Crippen LogP) is 9.64. The van der Waals surface area contributed by atoms with Gasteiger partial charge in [0.05, 0.1) is 16.6 Å². The molecule has 0 aliphatic carbocycles. The number of rotatable bonds is 6. The normalized spacial score (nSPS) is 11.7. The Morgan fingerprint density at radius 3 is 1.91 bits per heavy atom. The lowest BCUT2D eigenvalue weighted by atomic mass is 10.1. The fourth-order valence-electron chi connectivity index (χ4n) is 6.09. The van der Waals surface area contributed by atoms with Gasteiger partial charge in [-0.3, -0.25) is 0 Å². The fraction of sp³-hybridized carbons (Fsp3) is 0. The van der Waals surface area contributed by atoms with E-state index < -0.39 is 0 Å². The van der Waals surface area contributed by atoms with E-state index in [0.29, 0.717) is 11.8 Å². The van der Waals surface area contributed by atoms with Crippen molar-refractivity contribution in [3.05, 3.63) is 152 Å². The number of hydrogen-bond donors (Lipinski definition) is 0. The zero-order chi connectivity index (χ0) is 28.8. The molecule has 0 aliphatic heterocycles. The summed E-state index contributed by atoms with van der Waals surface area (Å²) in [6, 6.07) is 41.7. The summed E-state index contributed by atoms with van der Waals surface area (Å²) in [6.45, 7) is 3.87. The van der Waals surface area contributed by atoms with Gasteiger partial charge in [-0.1, -0.05) is 91.5 Å². The van der Waals surface area contributed by atoms with Crippen LogP contribution in [0, 0.1) is 0 Å². The van der Waals surface area contributed by atoms with Crippen LogP contribution in [0.3, 0.4) is 0 Å². The molecule has 0 bridgehead atoms. The summed E-state index contributed by atoms with van der Waals surface area (Å²) >= 11 is 0. The van der Waals surface area contributed by atoms with Gasteiger partial charge in [0.1, 0.15) is 0 Å². The molecule has 43 heavy (non-hydrogen) atoms. The first-order valence-corrected chi connectivity index (χ1v) is 14.2. The molecule has 0 amide bonds. The highest BCUT2D eigenvalue weighted by Gasteiger charge is 2.21. The van der Waals surface area contributed by atoms with Gasteiger partial charge in [0, 0.05) is 50.4 Å². The Hall–Kier alpha value is -5.94. The van der Waals surface area contributed by atoms with Crippen molar-refractivity contribution in [1.82, 2.24) is 19.3 Å². The summed E-state index contributed by atoms with van der Waals surface area (Å²) in [5.41, 5.74) is 8.28. The maximum absolute atomic E-state index is 6.53. The first-order valence-electron chi connectivity index (χ1n) is 14.2. The van der Waals surface area contributed by atoms with Crippen molar-refractivity contribution in [3.8, 4) is 34.3 Å². The van der Waals surface area contributed by atoms with Gasteiger partial charge in [-0.15, -0.1) is 10.2 Å². The van der Waals surface area contributed by atoms with Gasteiger partial charge in [-0.2, -0.15) is 0 Å². The number of fused-ring (bicyclic) bond motifs is 4. The Balaban J connectivity index is 1.33. The van der Waals surface area contributed by atoms with Gasteiger partial charge in [-0.25, -0.2) is 0 Å². The van der Waals surface area contributed by atoms with E-state index in [9.17, 15) is 0 Å². The third-order valence-corrected chi connectivity index (χ3v) is 7.90. The van der Waals surface area contributed by atoms with Crippen molar-refractivity contribution in [3.63, 3.8) is 0 Å². The molecule has 0 spiro atoms. The Bertz CT molecular complexity index is 2300. The Kier molecular flexibility index (Phi) is 5.86. The van der Waals surface area contributed by atoms with Gasteiger partial charge in [0.2, 0.25) is 11.8 Å². The van der Waals surface area contributed by atoms with Crippen LogP contribution >= 0.6 is 0 Å². The van der Waals surface area contributed by atoms with Crippen LogP contribution in [0.2, 0.25) is 0 Å². The lowest BCUT2D eigenvalue weighted by molar-refractivity contribution is 0.586. The van der Waals surface area contributed by atoms with E-state index in [4.69, 9.17) is 4.42 Å². The maximum atomic E-state index is 6.53. The third kappa shape index (κ3) is 4.02. The summed E-state index contributed by atoms with van der Waals surface area (Å²) in [4.78, 5) is 0. The smallest absolute Gasteiger partial charge is 0.248 e. The van der Waals surface area contributed by atoms with Crippen LogP contribution in [0.15, 0.2) is 151 Å². The molecule has 0 unspecified atom stereocenters. The molecule has 0 atom stereocenters. The van der Waals surface area contributed by atoms with Crippen molar-refractivity contribution in [2.45, 2.75) is 0 Å². The molecule has 0 saturated heterocycles. The van der Waals surface area contributed by atoms with Crippen LogP contribution < -0.4 is 0 Å². The minimum Gasteiger partial charge on any atom is -0.416 e. The molecule has 8 rings (SSSR count). The summed E-state index contributed by atoms with van der Waals surface area (Å²) < 4.78 is 11.0. The Morgan fingerprint density at radius 1 is 0.581 bits per heavy atom. The van der Waals surface area contributed by atoms with Crippen molar-refractivity contribution < 1.29 is 4.42 Å². The van der Waals surface area contributed by atoms with E-state index >= 15 is 0 Å². The highest BCUT2D eigenvalue weighted by atomic mass is 16.4. The van der Waals surface area contributed by atoms with Crippen LogP contribution in [0.25, 0.3) is 73.1 Å². The molecule has 3 heterocycles. The van der Waals surface area contributed by atoms with Crippen molar-refractivity contribution in [1.29, 1.82) is 0 Å². The maximum Gasteiger partial charge on any atom is 0.248 e. The Morgan fingerprint density at radius 2 is 1.19 bits per heavy atom. The second kappa shape index (κ2) is 10.2. The number of benzene rings is 5. The number of para-hydroxylation sites is 3. The second-order valence-corrected chi connectivity index (χ2v) is 10.4. The fourth-order valence-corrected chi connectivity index (χ4v) is 6.09. The average Bonchev–Trinajstić information content (AvgIpc) is 3.79. The van der Waals surface area contributed by atoms with Crippen LogP contribution in [0.1, 0.15) is 5.56 Å². The van der Waals surface area contributed by atoms with Crippen LogP contribution in [0.5, 0.6) is 0 Å². The highest BCUT2D eigenvalue weighted by molar-refractivity contribution is 6.15. The number of nitrogens with zero attached hydrogens (tertiary/aromatic N) is 4. The second-order valence-electron chi connectivity index (χ2n) is 10.4. The predicted molar refractivity (Wildman–Crippen MR) is 176 cm³/mol. The monoisotopic (exact) mass is 554 g/mol. The molecule has 0 radical (unpaired) electrons. The van der Waals surface area contributed by atoms with E-state index in [1.165, 1.54) is 0 Å². The first-order chi connectivity index (χ1) is 21.3. The lowest BCUT2D eigenvalue weighted by Gasteiger charge is -2.07. The molecular weight excluding hydrogens is 528 g/mol. The standard InChI is InChI=1S/C38H26N4O/c1-2-3-14-26-25-41(27-15-6-4-7-16-27)33-23-12-20-30(35(26)33)37-39-40-38(43-37)31-21-13-24-34-36(31)29-19-10-11-22-32(29)42(34)28-17-8-5-9-18-28/h2-25H,1H2/b14-3-. The van der Waals surface area contributed by atoms with Gasteiger partial charge in [0.15, 0.2) is 0 Å². The molecule has 204 valence electrons. The molecule has 3 aromatic heterocycles. The molecule has 0 N–H and O–H groups in total. The first kappa shape index (κ1) is 24.8. The van der Waals surface area contributed by atoms with Crippen LogP contribution in [0.4, 0.5) is 0 Å². The highest BCUT2D eigenvalue weighted by Crippen LogP contribution is 2.40. The lowest BCUT2D eigenvalue weighted by Crippen LogP contribution is -1.92. The van der Waals surface area contributed by atoms with Crippen LogP contribution in [-0.4, -0.2) is 19.3 Å². The van der Waals surface area contributed by atoms with E-state index in [1.807, 2.05) is 42.5 Å². The zero-order valence-corrected chi connectivity index (χ0v) is 23.3. The minimum atomic E-state index is 0.475. The molecule has 5 aromatic carbocycles. The molecule has 0 saturated carbocycles. The molecule has 5 nitrogen and oxygen atoms in total. The minimum absolute atomic E-state index is 0.475. The average molecular weight is 555 g/mol. The van der Waals surface area contributed by atoms with Gasteiger partial charge >= 0.3 is 0 Å². The summed E-state index contributed by atoms with van der Waals surface area (Å²) in [5, 5.41) is 12.4. The molecule has 5 heteroatoms. The van der Waals surface area contributed by atoms with Crippen molar-refractivity contribution in [2.75, 3.05) is 0 Å². The summed E-state index contributed by atoms with van der Waals surface area (Å²) in [5.74, 6) is 0.961. The molecule has 8 aromatic rings. The topological polar surface area (TPSA) is 48.8 Å². The van der Waals surface area contributed by atoms with E-state index in [1.54, 1.807) is 6.08 Å². The molecule has 0 fully saturated rings. The summed E-state index contributed by atoms with van der Waals surface area (Å²) in [7, 11) is 0. The summed E-state index contributed by atoms with van der Waals surface area (Å²) in [6.07, 6.45) is 7.93. The van der Waals surface area contributed by atoms with E-state index in [2.05, 4.69) is 123 Å². The van der Waals surface area contributed by atoms with Gasteiger partial charge in [0.25, 0.3) is 0 Å². The van der Waals surface area contributed by atoms with E-state index in [0.717, 1.165) is 60.8 Å². The van der Waals surface area contributed by atoms with Crippen LogP contribution in [-0.2, 0) is 0 Å². The number of aromatic nitrogens is 4. The molecule has 0 aliphatic rings. The number of allylic oxidation sites excluding steroid dienone is 2. The van der Waals surface area contributed by atoms with E-state index in [-0.39, 0.29) is 0 Å². The SMILES string of the molecule is C=C/C=C\c1cn(-c2ccccc2)c2cccc(-c3nnc(-c4cccc5c4c4ccccc4n5-c4ccccc4)o3)c12. The molecular formula is C38H26N4O. The van der Waals surface area contributed by atoms with Crippen molar-refractivity contribution in [2.24, 2.45) is 0 Å². The largest absolute Gasteiger partial charge is 0.416 e. The third-order valence-electron chi connectivity index (χ3n) is 7.90. The quantitative estimate of drug-likeness (QED) is 0.192. The Labute approximate surface area is 248 Å². The van der Waals surface area contributed by atoms with Gasteiger partial charge < -0.3 is 13.6 Å². The van der Waals surface area contributed by atoms with Crippen molar-refractivity contribution >= 4 is 38.8 Å². The number of hydrogen-bond acceptors (Lipinski definition) is 3. The zero-order valence-electron chi connectivity index (χ0n) is 23.3.